The first kappa shape index (κ1) is 36.6. The molecule has 8 heteroatoms. The molecule has 0 saturated heterocycles. The fraction of sp³-hybridized carbons (Fsp3) is 0.464. The van der Waals surface area contributed by atoms with Crippen molar-refractivity contribution in [1.82, 2.24) is 0 Å². The van der Waals surface area contributed by atoms with Crippen LogP contribution in [0.4, 0.5) is 0 Å². The summed E-state index contributed by atoms with van der Waals surface area (Å²) >= 11 is 0. The summed E-state index contributed by atoms with van der Waals surface area (Å²) in [5.41, 5.74) is 12.2. The number of carboxylic acid groups (broad SMARTS) is 1. The van der Waals surface area contributed by atoms with Crippen molar-refractivity contribution >= 4 is 11.9 Å². The minimum atomic E-state index is -1.11. The average molecular weight is 541 g/mol. The molecule has 1 N–H and O–H groups in total. The number of aliphatic hydroxyl groups excluding tert-OH is 1. The Morgan fingerprint density at radius 2 is 1.17 bits per heavy atom. The van der Waals surface area contributed by atoms with Crippen molar-refractivity contribution in [3.05, 3.63) is 66.8 Å². The monoisotopic (exact) mass is 540 g/mol. The Balaban J connectivity index is 0. The summed E-state index contributed by atoms with van der Waals surface area (Å²) in [4.78, 5) is 21.7. The molecular formula is C28H36NNaO5V. The maximum atomic E-state index is 10.9. The average Bonchev–Trinajstić information content (AvgIpc) is 2.78. The van der Waals surface area contributed by atoms with Gasteiger partial charge in [-0.05, 0) is 122 Å². The van der Waals surface area contributed by atoms with E-state index in [1.165, 1.54) is 18.1 Å². The number of nitriles is 1. The molecule has 6 nitrogen and oxygen atoms in total. The van der Waals surface area contributed by atoms with E-state index in [-0.39, 0.29) is 73.7 Å². The Morgan fingerprint density at radius 1 is 0.778 bits per heavy atom. The summed E-state index contributed by atoms with van der Waals surface area (Å²) in [6.07, 6.45) is 0.216. The summed E-state index contributed by atoms with van der Waals surface area (Å²) in [7, 11) is 0. The van der Waals surface area contributed by atoms with E-state index in [4.69, 9.17) is 10.00 Å². The van der Waals surface area contributed by atoms with Crippen molar-refractivity contribution in [2.45, 2.75) is 88.4 Å². The third-order valence-corrected chi connectivity index (χ3v) is 7.07. The van der Waals surface area contributed by atoms with Gasteiger partial charge in [0.2, 0.25) is 0 Å². The minimum absolute atomic E-state index is 0. The second-order valence-corrected chi connectivity index (χ2v) is 8.74. The van der Waals surface area contributed by atoms with Crippen LogP contribution in [0.5, 0.6) is 0 Å². The fourth-order valence-corrected chi connectivity index (χ4v) is 4.22. The van der Waals surface area contributed by atoms with Crippen molar-refractivity contribution < 1.29 is 72.7 Å². The van der Waals surface area contributed by atoms with Crippen molar-refractivity contribution in [2.75, 3.05) is 0 Å². The van der Waals surface area contributed by atoms with Gasteiger partial charge < -0.3 is 19.7 Å². The molecule has 0 spiro atoms. The van der Waals surface area contributed by atoms with Gasteiger partial charge in [0.15, 0.2) is 0 Å². The van der Waals surface area contributed by atoms with Crippen LogP contribution in [0.3, 0.4) is 0 Å². The molecule has 0 aromatic heterocycles. The van der Waals surface area contributed by atoms with Gasteiger partial charge in [0.1, 0.15) is 6.61 Å². The molecule has 0 aliphatic carbocycles. The molecule has 2 rings (SSSR count). The van der Waals surface area contributed by atoms with E-state index < -0.39 is 5.97 Å². The summed E-state index contributed by atoms with van der Waals surface area (Å²) < 4.78 is 5.10. The third kappa shape index (κ3) is 8.76. The van der Waals surface area contributed by atoms with Gasteiger partial charge in [0, 0.05) is 37.9 Å². The van der Waals surface area contributed by atoms with Crippen molar-refractivity contribution in [3.63, 3.8) is 0 Å². The first-order chi connectivity index (χ1) is 15.8. The van der Waals surface area contributed by atoms with Gasteiger partial charge in [-0.25, -0.2) is 0 Å². The van der Waals surface area contributed by atoms with E-state index in [9.17, 15) is 19.8 Å². The van der Waals surface area contributed by atoms with Crippen LogP contribution in [0.25, 0.3) is 0 Å². The van der Waals surface area contributed by atoms with Crippen molar-refractivity contribution in [2.24, 2.45) is 0 Å². The summed E-state index contributed by atoms with van der Waals surface area (Å²) in [6.45, 7) is 17.4. The number of carboxylic acids is 1. The van der Waals surface area contributed by atoms with Crippen LogP contribution in [-0.4, -0.2) is 17.0 Å². The van der Waals surface area contributed by atoms with Gasteiger partial charge in [-0.2, -0.15) is 5.26 Å². The molecule has 36 heavy (non-hydrogen) atoms. The molecule has 1 radical (unpaired) electrons. The predicted molar refractivity (Wildman–Crippen MR) is 130 cm³/mol. The largest absolute Gasteiger partial charge is 1.00 e. The minimum Gasteiger partial charge on any atom is -0.550 e. The number of esters is 1. The number of aliphatic carboxylic acids is 1. The van der Waals surface area contributed by atoms with E-state index in [1.807, 2.05) is 41.5 Å². The molecule has 0 atom stereocenters. The van der Waals surface area contributed by atoms with E-state index in [2.05, 4.69) is 19.9 Å². The van der Waals surface area contributed by atoms with Gasteiger partial charge in [-0.15, -0.1) is 0 Å². The molecule has 0 saturated carbocycles. The van der Waals surface area contributed by atoms with Crippen molar-refractivity contribution in [1.29, 1.82) is 5.26 Å². The zero-order valence-electron chi connectivity index (χ0n) is 23.3. The number of rotatable bonds is 6. The smallest absolute Gasteiger partial charge is 0.550 e. The number of carbonyl (C=O) groups is 2. The molecule has 0 aliphatic rings. The number of hydrogen-bond donors (Lipinski definition) is 1. The summed E-state index contributed by atoms with van der Waals surface area (Å²) in [5, 5.41) is 29.0. The molecule has 2 aromatic rings. The molecular weight excluding hydrogens is 504 g/mol. The maximum absolute atomic E-state index is 10.9. The first-order valence-corrected chi connectivity index (χ1v) is 11.3. The third-order valence-electron chi connectivity index (χ3n) is 7.07. The van der Waals surface area contributed by atoms with E-state index in [0.717, 1.165) is 50.1 Å². The zero-order valence-corrected chi connectivity index (χ0v) is 26.7. The van der Waals surface area contributed by atoms with Crippen LogP contribution >= 0.6 is 0 Å². The first-order valence-electron chi connectivity index (χ1n) is 11.3. The normalized spacial score (nSPS) is 9.69. The Bertz CT molecular complexity index is 1150. The molecule has 189 valence electrons. The number of benzene rings is 2. The molecule has 0 unspecified atom stereocenters. The number of nitrogens with zero attached hydrogens (tertiary/aromatic N) is 1. The Hall–Kier alpha value is -1.59. The summed E-state index contributed by atoms with van der Waals surface area (Å²) in [6, 6.07) is 2.19. The van der Waals surface area contributed by atoms with E-state index >= 15 is 0 Å². The number of ether oxygens (including phenoxy) is 1. The molecule has 0 fully saturated rings. The Labute approximate surface area is 249 Å². The second kappa shape index (κ2) is 16.3. The van der Waals surface area contributed by atoms with Crippen LogP contribution in [0, 0.1) is 66.7 Å². The van der Waals surface area contributed by atoms with Gasteiger partial charge >= 0.3 is 35.5 Å². The molecule has 2 aromatic carbocycles. The standard InChI is InChI=1S/C15H19NO2.C13H18O3.Na.V/c1-9-10(2)12(4)15(8-18-13(5)17)14(6-7-16)11(9)3;1-7-8(2)10(4)12(6-14)11(9(7)3)5-13(15)16;;/h6,8H2,1-5H3;14H,5-6H2,1-4H3,(H,15,16);;/q;;+1;/p-1. The maximum Gasteiger partial charge on any atom is 1.00 e. The Kier molecular flexibility index (Phi) is 16.6. The molecule has 0 bridgehead atoms. The van der Waals surface area contributed by atoms with Crippen LogP contribution in [0.1, 0.15) is 73.7 Å². The van der Waals surface area contributed by atoms with Crippen LogP contribution < -0.4 is 34.7 Å². The number of carbonyl (C=O) groups excluding carboxylic acids is 2. The molecule has 0 heterocycles. The van der Waals surface area contributed by atoms with Gasteiger partial charge in [-0.3, -0.25) is 4.79 Å². The summed E-state index contributed by atoms with van der Waals surface area (Å²) in [5.74, 6) is -1.41. The zero-order chi connectivity index (χ0) is 26.3. The van der Waals surface area contributed by atoms with Gasteiger partial charge in [-0.1, -0.05) is 0 Å². The predicted octanol–water partition coefficient (Wildman–Crippen LogP) is 0.756. The SMILES string of the molecule is CC(=O)OCc1c(C)c(C)c(C)c(C)c1CC#N.Cc1c(C)c(C)c(CC(=O)[O-])c(CO)c1C.[Na+].[V]. The molecule has 0 amide bonds. The fourth-order valence-electron chi connectivity index (χ4n) is 4.22. The van der Waals surface area contributed by atoms with E-state index in [1.54, 1.807) is 0 Å². The topological polar surface area (TPSA) is 110 Å². The second-order valence-electron chi connectivity index (χ2n) is 8.74. The Morgan fingerprint density at radius 3 is 1.53 bits per heavy atom. The van der Waals surface area contributed by atoms with Crippen LogP contribution in [0.15, 0.2) is 0 Å². The number of hydrogen-bond acceptors (Lipinski definition) is 6. The van der Waals surface area contributed by atoms with E-state index in [0.29, 0.717) is 12.0 Å². The quantitative estimate of drug-likeness (QED) is 0.428. The number of aliphatic hydroxyl groups is 1. The van der Waals surface area contributed by atoms with Crippen LogP contribution in [0.2, 0.25) is 0 Å². The van der Waals surface area contributed by atoms with Crippen LogP contribution in [-0.2, 0) is 58.9 Å². The van der Waals surface area contributed by atoms with Crippen molar-refractivity contribution in [3.8, 4) is 6.07 Å². The van der Waals surface area contributed by atoms with Gasteiger partial charge in [0.25, 0.3) is 0 Å². The molecule has 0 aliphatic heterocycles. The van der Waals surface area contributed by atoms with Gasteiger partial charge in [0.05, 0.1) is 19.1 Å².